The summed E-state index contributed by atoms with van der Waals surface area (Å²) in [5.74, 6) is 0.902. The van der Waals surface area contributed by atoms with Crippen LogP contribution >= 0.6 is 11.3 Å². The molecule has 0 aliphatic heterocycles. The Bertz CT molecular complexity index is 436. The highest BCUT2D eigenvalue weighted by molar-refractivity contribution is 7.07. The number of rotatable bonds is 5. The lowest BCUT2D eigenvalue weighted by Gasteiger charge is -2.14. The molecule has 90 valence electrons. The summed E-state index contributed by atoms with van der Waals surface area (Å²) >= 11 is 1.74. The summed E-state index contributed by atoms with van der Waals surface area (Å²) in [5.41, 5.74) is 2.62. The number of nitrogens with one attached hydrogen (secondary N) is 1. The second-order valence-corrected chi connectivity index (χ2v) is 4.79. The molecule has 0 aliphatic carbocycles. The number of hydrogen-bond acceptors (Lipinski definition) is 3. The van der Waals surface area contributed by atoms with Gasteiger partial charge in [-0.25, -0.2) is 0 Å². The van der Waals surface area contributed by atoms with Crippen LogP contribution in [0.4, 0.5) is 0 Å². The maximum atomic E-state index is 5.15. The highest BCUT2D eigenvalue weighted by Crippen LogP contribution is 2.17. The summed E-state index contributed by atoms with van der Waals surface area (Å²) in [6, 6.07) is 10.7. The molecule has 0 amide bonds. The highest BCUT2D eigenvalue weighted by atomic mass is 32.1. The van der Waals surface area contributed by atoms with E-state index in [1.54, 1.807) is 18.4 Å². The van der Waals surface area contributed by atoms with Crippen molar-refractivity contribution in [1.82, 2.24) is 5.32 Å². The molecule has 1 N–H and O–H groups in total. The zero-order chi connectivity index (χ0) is 12.1. The Labute approximate surface area is 106 Å². The molecule has 3 heteroatoms. The molecule has 0 saturated carbocycles. The molecular weight excluding hydrogens is 230 g/mol. The number of thiophene rings is 1. The Morgan fingerprint density at radius 2 is 2.00 bits per heavy atom. The van der Waals surface area contributed by atoms with Crippen LogP contribution in [0.15, 0.2) is 41.1 Å². The van der Waals surface area contributed by atoms with Crippen LogP contribution in [0.5, 0.6) is 5.75 Å². The Kier molecular flexibility index (Phi) is 4.18. The van der Waals surface area contributed by atoms with Gasteiger partial charge in [-0.15, -0.1) is 0 Å². The predicted molar refractivity (Wildman–Crippen MR) is 72.6 cm³/mol. The number of hydrogen-bond donors (Lipinski definition) is 1. The second-order valence-electron chi connectivity index (χ2n) is 4.01. The molecule has 0 fully saturated rings. The van der Waals surface area contributed by atoms with Gasteiger partial charge < -0.3 is 10.1 Å². The van der Waals surface area contributed by atoms with Crippen molar-refractivity contribution in [2.24, 2.45) is 0 Å². The molecule has 1 aromatic carbocycles. The first kappa shape index (κ1) is 12.1. The summed E-state index contributed by atoms with van der Waals surface area (Å²) in [7, 11) is 1.69. The third-order valence-corrected chi connectivity index (χ3v) is 3.54. The van der Waals surface area contributed by atoms with Crippen LogP contribution in [0.2, 0.25) is 0 Å². The largest absolute Gasteiger partial charge is 0.497 e. The Hall–Kier alpha value is -1.32. The molecule has 0 aliphatic rings. The summed E-state index contributed by atoms with van der Waals surface area (Å²) in [5, 5.41) is 7.79. The van der Waals surface area contributed by atoms with Crippen LogP contribution in [0.1, 0.15) is 24.1 Å². The predicted octanol–water partition coefficient (Wildman–Crippen LogP) is 3.61. The molecule has 1 heterocycles. The monoisotopic (exact) mass is 247 g/mol. The van der Waals surface area contributed by atoms with E-state index in [4.69, 9.17) is 4.74 Å². The van der Waals surface area contributed by atoms with Crippen molar-refractivity contribution in [3.05, 3.63) is 52.2 Å². The van der Waals surface area contributed by atoms with Gasteiger partial charge in [0.05, 0.1) is 7.11 Å². The van der Waals surface area contributed by atoms with E-state index in [1.807, 2.05) is 12.1 Å². The quantitative estimate of drug-likeness (QED) is 0.871. The number of ether oxygens (including phenoxy) is 1. The third-order valence-electron chi connectivity index (χ3n) is 2.81. The van der Waals surface area contributed by atoms with Gasteiger partial charge in [0.15, 0.2) is 0 Å². The maximum Gasteiger partial charge on any atom is 0.118 e. The molecular formula is C14H17NOS. The van der Waals surface area contributed by atoms with Crippen LogP contribution in [-0.2, 0) is 6.54 Å². The summed E-state index contributed by atoms with van der Waals surface area (Å²) in [6.07, 6.45) is 0. The van der Waals surface area contributed by atoms with E-state index in [9.17, 15) is 0 Å². The third kappa shape index (κ3) is 3.32. The van der Waals surface area contributed by atoms with Gasteiger partial charge in [0.2, 0.25) is 0 Å². The standard InChI is InChI=1S/C14H17NOS/c1-11(15-9-12-7-8-17-10-12)13-3-5-14(16-2)6-4-13/h3-8,10-11,15H,9H2,1-2H3/t11-/m1/s1. The highest BCUT2D eigenvalue weighted by Gasteiger charge is 2.04. The van der Waals surface area contributed by atoms with Crippen molar-refractivity contribution in [1.29, 1.82) is 0 Å². The van der Waals surface area contributed by atoms with E-state index in [2.05, 4.69) is 41.2 Å². The molecule has 0 unspecified atom stereocenters. The smallest absolute Gasteiger partial charge is 0.118 e. The van der Waals surface area contributed by atoms with Gasteiger partial charge in [-0.3, -0.25) is 0 Å². The first-order chi connectivity index (χ1) is 8.29. The van der Waals surface area contributed by atoms with Crippen molar-refractivity contribution in [2.45, 2.75) is 19.5 Å². The average molecular weight is 247 g/mol. The Morgan fingerprint density at radius 3 is 2.59 bits per heavy atom. The van der Waals surface area contributed by atoms with Crippen molar-refractivity contribution in [3.8, 4) is 5.75 Å². The molecule has 0 saturated heterocycles. The normalized spacial score (nSPS) is 12.4. The van der Waals surface area contributed by atoms with Gasteiger partial charge >= 0.3 is 0 Å². The van der Waals surface area contributed by atoms with E-state index in [0.717, 1.165) is 12.3 Å². The summed E-state index contributed by atoms with van der Waals surface area (Å²) < 4.78 is 5.15. The second kappa shape index (κ2) is 5.84. The van der Waals surface area contributed by atoms with E-state index >= 15 is 0 Å². The summed E-state index contributed by atoms with van der Waals surface area (Å²) in [4.78, 5) is 0. The zero-order valence-corrected chi connectivity index (χ0v) is 11.0. The van der Waals surface area contributed by atoms with Gasteiger partial charge in [-0.05, 0) is 47.0 Å². The lowest BCUT2D eigenvalue weighted by molar-refractivity contribution is 0.414. The van der Waals surface area contributed by atoms with Gasteiger partial charge in [0, 0.05) is 12.6 Å². The van der Waals surface area contributed by atoms with E-state index in [1.165, 1.54) is 11.1 Å². The van der Waals surface area contributed by atoms with Crippen LogP contribution in [0.25, 0.3) is 0 Å². The molecule has 2 aromatic rings. The zero-order valence-electron chi connectivity index (χ0n) is 10.1. The van der Waals surface area contributed by atoms with Crippen LogP contribution in [0, 0.1) is 0 Å². The Morgan fingerprint density at radius 1 is 1.24 bits per heavy atom. The van der Waals surface area contributed by atoms with Crippen molar-refractivity contribution in [2.75, 3.05) is 7.11 Å². The molecule has 0 radical (unpaired) electrons. The maximum absolute atomic E-state index is 5.15. The van der Waals surface area contributed by atoms with E-state index < -0.39 is 0 Å². The molecule has 2 nitrogen and oxygen atoms in total. The van der Waals surface area contributed by atoms with Gasteiger partial charge in [0.1, 0.15) is 5.75 Å². The molecule has 1 aromatic heterocycles. The fourth-order valence-corrected chi connectivity index (χ4v) is 2.34. The van der Waals surface area contributed by atoms with Crippen LogP contribution in [0.3, 0.4) is 0 Å². The van der Waals surface area contributed by atoms with Crippen molar-refractivity contribution < 1.29 is 4.74 Å². The van der Waals surface area contributed by atoms with Crippen molar-refractivity contribution >= 4 is 11.3 Å². The average Bonchev–Trinajstić information content (AvgIpc) is 2.89. The van der Waals surface area contributed by atoms with Gasteiger partial charge in [-0.2, -0.15) is 11.3 Å². The van der Waals surface area contributed by atoms with Gasteiger partial charge in [-0.1, -0.05) is 12.1 Å². The van der Waals surface area contributed by atoms with Crippen LogP contribution in [-0.4, -0.2) is 7.11 Å². The fraction of sp³-hybridized carbons (Fsp3) is 0.286. The first-order valence-corrected chi connectivity index (χ1v) is 6.62. The SMILES string of the molecule is COc1ccc([C@@H](C)NCc2ccsc2)cc1. The Balaban J connectivity index is 1.92. The number of benzene rings is 1. The van der Waals surface area contributed by atoms with Gasteiger partial charge in [0.25, 0.3) is 0 Å². The molecule has 1 atom stereocenters. The molecule has 0 bridgehead atoms. The van der Waals surface area contributed by atoms with Crippen molar-refractivity contribution in [3.63, 3.8) is 0 Å². The lowest BCUT2D eigenvalue weighted by atomic mass is 10.1. The van der Waals surface area contributed by atoms with E-state index in [0.29, 0.717) is 6.04 Å². The molecule has 0 spiro atoms. The van der Waals surface area contributed by atoms with Crippen LogP contribution < -0.4 is 10.1 Å². The minimum absolute atomic E-state index is 0.348. The minimum Gasteiger partial charge on any atom is -0.497 e. The first-order valence-electron chi connectivity index (χ1n) is 5.68. The lowest BCUT2D eigenvalue weighted by Crippen LogP contribution is -2.17. The van der Waals surface area contributed by atoms with E-state index in [-0.39, 0.29) is 0 Å². The summed E-state index contributed by atoms with van der Waals surface area (Å²) in [6.45, 7) is 3.09. The topological polar surface area (TPSA) is 21.3 Å². The molecule has 17 heavy (non-hydrogen) atoms. The molecule has 2 rings (SSSR count). The number of methoxy groups -OCH3 is 1. The fourth-order valence-electron chi connectivity index (χ4n) is 1.67. The minimum atomic E-state index is 0.348.